The Bertz CT molecular complexity index is 647. The van der Waals surface area contributed by atoms with E-state index < -0.39 is 11.9 Å². The molecule has 6 heteroatoms. The van der Waals surface area contributed by atoms with Crippen molar-refractivity contribution in [2.45, 2.75) is 6.10 Å². The highest BCUT2D eigenvalue weighted by molar-refractivity contribution is 9.11. The van der Waals surface area contributed by atoms with Gasteiger partial charge < -0.3 is 9.84 Å². The summed E-state index contributed by atoms with van der Waals surface area (Å²) in [6.07, 6.45) is -0.936. The highest BCUT2D eigenvalue weighted by Gasteiger charge is 2.20. The number of benzene rings is 2. The quantitative estimate of drug-likeness (QED) is 0.670. The van der Waals surface area contributed by atoms with Crippen LogP contribution in [0.3, 0.4) is 0 Å². The molecule has 2 rings (SSSR count). The van der Waals surface area contributed by atoms with Gasteiger partial charge in [0.2, 0.25) is 0 Å². The van der Waals surface area contributed by atoms with Crippen LogP contribution in [0.15, 0.2) is 43.7 Å². The van der Waals surface area contributed by atoms with Gasteiger partial charge in [0, 0.05) is 26.1 Å². The van der Waals surface area contributed by atoms with Crippen LogP contribution < -0.4 is 4.74 Å². The number of ether oxygens (including phenoxy) is 1. The molecule has 1 N–H and O–H groups in total. The lowest BCUT2D eigenvalue weighted by Crippen LogP contribution is -2.04. The average molecular weight is 469 g/mol. The number of hydrogen-bond donors (Lipinski definition) is 1. The Morgan fingerprint density at radius 2 is 1.75 bits per heavy atom. The lowest BCUT2D eigenvalue weighted by atomic mass is 10.0. The molecule has 0 bridgehead atoms. The van der Waals surface area contributed by atoms with Crippen molar-refractivity contribution in [1.29, 1.82) is 0 Å². The molecule has 1 atom stereocenters. The van der Waals surface area contributed by atoms with Gasteiger partial charge in [0.1, 0.15) is 17.7 Å². The second kappa shape index (κ2) is 6.56. The highest BCUT2D eigenvalue weighted by Crippen LogP contribution is 2.37. The minimum absolute atomic E-state index is 0.276. The van der Waals surface area contributed by atoms with Crippen LogP contribution in [0, 0.1) is 5.82 Å². The average Bonchev–Trinajstić information content (AvgIpc) is 2.43. The van der Waals surface area contributed by atoms with E-state index in [1.165, 1.54) is 19.2 Å². The molecule has 0 aliphatic rings. The standard InChI is InChI=1S/C14H10Br3FO2/c1-20-13-6-12(18)11(17)5-9(13)14(19)8-4-7(15)2-3-10(8)16/h2-6,14,19H,1H3. The van der Waals surface area contributed by atoms with E-state index in [1.54, 1.807) is 6.07 Å². The van der Waals surface area contributed by atoms with Crippen molar-refractivity contribution in [3.8, 4) is 5.75 Å². The van der Waals surface area contributed by atoms with E-state index in [0.29, 0.717) is 16.9 Å². The Balaban J connectivity index is 2.55. The molecule has 0 spiro atoms. The molecule has 2 nitrogen and oxygen atoms in total. The van der Waals surface area contributed by atoms with E-state index in [1.807, 2.05) is 12.1 Å². The van der Waals surface area contributed by atoms with Gasteiger partial charge >= 0.3 is 0 Å². The first-order valence-electron chi connectivity index (χ1n) is 5.60. The van der Waals surface area contributed by atoms with Gasteiger partial charge in [-0.25, -0.2) is 4.39 Å². The summed E-state index contributed by atoms with van der Waals surface area (Å²) < 4.78 is 20.6. The first-order valence-corrected chi connectivity index (χ1v) is 7.98. The van der Waals surface area contributed by atoms with Gasteiger partial charge in [0.25, 0.3) is 0 Å². The number of halogens is 4. The molecular weight excluding hydrogens is 459 g/mol. The van der Waals surface area contributed by atoms with Crippen molar-refractivity contribution in [3.05, 3.63) is 60.7 Å². The SMILES string of the molecule is COc1cc(F)c(Br)cc1C(O)c1cc(Br)ccc1Br. The lowest BCUT2D eigenvalue weighted by molar-refractivity contribution is 0.213. The smallest absolute Gasteiger partial charge is 0.141 e. The van der Waals surface area contributed by atoms with Gasteiger partial charge in [-0.05, 0) is 40.2 Å². The molecule has 1 unspecified atom stereocenters. The summed E-state index contributed by atoms with van der Waals surface area (Å²) >= 11 is 9.89. The Kier molecular flexibility index (Phi) is 5.23. The van der Waals surface area contributed by atoms with E-state index in [4.69, 9.17) is 4.74 Å². The normalized spacial score (nSPS) is 12.3. The predicted octanol–water partition coefficient (Wildman–Crippen LogP) is 5.20. The first-order chi connectivity index (χ1) is 9.43. The van der Waals surface area contributed by atoms with E-state index in [0.717, 1.165) is 8.95 Å². The molecule has 106 valence electrons. The molecule has 0 saturated carbocycles. The Hall–Kier alpha value is -0.430. The zero-order valence-corrected chi connectivity index (χ0v) is 15.1. The summed E-state index contributed by atoms with van der Waals surface area (Å²) in [6.45, 7) is 0. The third kappa shape index (κ3) is 3.24. The number of methoxy groups -OCH3 is 1. The maximum atomic E-state index is 13.5. The van der Waals surface area contributed by atoms with Crippen LogP contribution >= 0.6 is 47.8 Å². The number of rotatable bonds is 3. The zero-order chi connectivity index (χ0) is 14.9. The molecule has 0 fully saturated rings. The molecule has 0 saturated heterocycles. The van der Waals surface area contributed by atoms with Gasteiger partial charge in [0.15, 0.2) is 0 Å². The van der Waals surface area contributed by atoms with Crippen LogP contribution in [0.4, 0.5) is 4.39 Å². The minimum Gasteiger partial charge on any atom is -0.496 e. The zero-order valence-electron chi connectivity index (χ0n) is 10.3. The molecule has 20 heavy (non-hydrogen) atoms. The van der Waals surface area contributed by atoms with Crippen LogP contribution in [-0.2, 0) is 0 Å². The Morgan fingerprint density at radius 1 is 1.05 bits per heavy atom. The maximum absolute atomic E-state index is 13.5. The van der Waals surface area contributed by atoms with Gasteiger partial charge in [-0.3, -0.25) is 0 Å². The van der Waals surface area contributed by atoms with E-state index in [9.17, 15) is 9.50 Å². The predicted molar refractivity (Wildman–Crippen MR) is 86.6 cm³/mol. The van der Waals surface area contributed by atoms with Crippen molar-refractivity contribution in [2.75, 3.05) is 7.11 Å². The topological polar surface area (TPSA) is 29.5 Å². The highest BCUT2D eigenvalue weighted by atomic mass is 79.9. The third-order valence-corrected chi connectivity index (χ3v) is 4.64. The molecule has 0 amide bonds. The number of hydrogen-bond acceptors (Lipinski definition) is 2. The van der Waals surface area contributed by atoms with E-state index >= 15 is 0 Å². The third-order valence-electron chi connectivity index (χ3n) is 2.82. The molecule has 0 aliphatic heterocycles. The Labute approximate surface area is 141 Å². The van der Waals surface area contributed by atoms with Gasteiger partial charge in [-0.2, -0.15) is 0 Å². The summed E-state index contributed by atoms with van der Waals surface area (Å²) in [5.41, 5.74) is 1.15. The summed E-state index contributed by atoms with van der Waals surface area (Å²) in [4.78, 5) is 0. The molecule has 2 aromatic rings. The first kappa shape index (κ1) is 15.9. The van der Waals surface area contributed by atoms with Crippen LogP contribution in [-0.4, -0.2) is 12.2 Å². The summed E-state index contributed by atoms with van der Waals surface area (Å²) in [5, 5.41) is 10.6. The fourth-order valence-electron chi connectivity index (χ4n) is 1.83. The van der Waals surface area contributed by atoms with E-state index in [-0.39, 0.29) is 4.47 Å². The van der Waals surface area contributed by atoms with E-state index in [2.05, 4.69) is 47.8 Å². The van der Waals surface area contributed by atoms with Gasteiger partial charge in [-0.1, -0.05) is 31.9 Å². The second-order valence-electron chi connectivity index (χ2n) is 4.08. The Morgan fingerprint density at radius 3 is 2.40 bits per heavy atom. The fourth-order valence-corrected chi connectivity index (χ4v) is 3.03. The van der Waals surface area contributed by atoms with Crippen molar-refractivity contribution in [1.82, 2.24) is 0 Å². The van der Waals surface area contributed by atoms with Crippen molar-refractivity contribution in [2.24, 2.45) is 0 Å². The molecule has 0 heterocycles. The minimum atomic E-state index is -0.936. The fraction of sp³-hybridized carbons (Fsp3) is 0.143. The summed E-state index contributed by atoms with van der Waals surface area (Å²) in [6, 6.07) is 8.25. The lowest BCUT2D eigenvalue weighted by Gasteiger charge is -2.17. The number of aliphatic hydroxyl groups excluding tert-OH is 1. The van der Waals surface area contributed by atoms with Crippen LogP contribution in [0.1, 0.15) is 17.2 Å². The largest absolute Gasteiger partial charge is 0.496 e. The van der Waals surface area contributed by atoms with Crippen molar-refractivity contribution >= 4 is 47.8 Å². The second-order valence-corrected chi connectivity index (χ2v) is 6.70. The maximum Gasteiger partial charge on any atom is 0.141 e. The van der Waals surface area contributed by atoms with Crippen LogP contribution in [0.25, 0.3) is 0 Å². The summed E-state index contributed by atoms with van der Waals surface area (Å²) in [5.74, 6) is -0.142. The van der Waals surface area contributed by atoms with Gasteiger partial charge in [0.05, 0.1) is 11.6 Å². The molecular formula is C14H10Br3FO2. The van der Waals surface area contributed by atoms with Crippen molar-refractivity contribution < 1.29 is 14.2 Å². The molecule has 0 aliphatic carbocycles. The molecule has 0 radical (unpaired) electrons. The van der Waals surface area contributed by atoms with Crippen LogP contribution in [0.5, 0.6) is 5.75 Å². The van der Waals surface area contributed by atoms with Gasteiger partial charge in [-0.15, -0.1) is 0 Å². The van der Waals surface area contributed by atoms with Crippen molar-refractivity contribution in [3.63, 3.8) is 0 Å². The summed E-state index contributed by atoms with van der Waals surface area (Å²) in [7, 11) is 1.44. The molecule has 0 aromatic heterocycles. The number of aliphatic hydroxyl groups is 1. The monoisotopic (exact) mass is 466 g/mol. The van der Waals surface area contributed by atoms with Crippen LogP contribution in [0.2, 0.25) is 0 Å². The molecule has 2 aromatic carbocycles.